The summed E-state index contributed by atoms with van der Waals surface area (Å²) in [6.45, 7) is 0. The lowest BCUT2D eigenvalue weighted by molar-refractivity contribution is -0.114. The van der Waals surface area contributed by atoms with E-state index < -0.39 is 36.9 Å². The topological polar surface area (TPSA) is 80.3 Å². The summed E-state index contributed by atoms with van der Waals surface area (Å²) in [4.78, 5) is 10.2. The summed E-state index contributed by atoms with van der Waals surface area (Å²) in [7, 11) is -7.18. The maximum absolute atomic E-state index is 12.4. The summed E-state index contributed by atoms with van der Waals surface area (Å²) in [5.41, 5.74) is -5.61. The van der Waals surface area contributed by atoms with Gasteiger partial charge in [-0.1, -0.05) is 0 Å². The number of hydrogen-bond acceptors (Lipinski definition) is 4. The fraction of sp³-hybridized carbons (Fsp3) is 0.222. The zero-order chi connectivity index (χ0) is 14.4. The van der Waals surface area contributed by atoms with Gasteiger partial charge in [-0.15, -0.1) is 0 Å². The molecule has 1 amide bonds. The van der Waals surface area contributed by atoms with Gasteiger partial charge < -0.3 is 5.32 Å². The highest BCUT2D eigenvalue weighted by molar-refractivity contribution is 7.92. The van der Waals surface area contributed by atoms with Crippen LogP contribution in [0.3, 0.4) is 0 Å². The second kappa shape index (κ2) is 4.30. The van der Waals surface area contributed by atoms with E-state index in [0.717, 1.165) is 12.1 Å². The molecule has 10 heteroatoms. The normalized spacial score (nSPS) is 19.7. The van der Waals surface area contributed by atoms with Gasteiger partial charge in [-0.25, -0.2) is 8.42 Å². The third-order valence-corrected chi connectivity index (χ3v) is 5.20. The molecule has 0 radical (unpaired) electrons. The molecule has 5 nitrogen and oxygen atoms in total. The highest BCUT2D eigenvalue weighted by atomic mass is 32.2. The maximum atomic E-state index is 12.4. The first-order valence-corrected chi connectivity index (χ1v) is 7.57. The second-order valence-electron chi connectivity index (χ2n) is 3.65. The molecule has 1 atom stereocenters. The Kier molecular flexibility index (Phi) is 3.17. The molecule has 1 aliphatic heterocycles. The Morgan fingerprint density at radius 1 is 1.26 bits per heavy atom. The minimum Gasteiger partial charge on any atom is -0.324 e. The average molecular weight is 313 g/mol. The highest BCUT2D eigenvalue weighted by Crippen LogP contribution is 2.34. The Bertz CT molecular complexity index is 681. The number of fused-ring (bicyclic) bond motifs is 1. The van der Waals surface area contributed by atoms with Gasteiger partial charge in [0, 0.05) is 0 Å². The summed E-state index contributed by atoms with van der Waals surface area (Å²) in [5, 5.41) is 2.19. The fourth-order valence-corrected chi connectivity index (χ4v) is 3.32. The SMILES string of the molecule is O=C1C[S@](=O)c2ccc(S(=O)(=O)C(F)(F)F)cc2N1. The number of sulfone groups is 1. The van der Waals surface area contributed by atoms with Gasteiger partial charge in [-0.05, 0) is 18.2 Å². The lowest BCUT2D eigenvalue weighted by Gasteiger charge is -2.17. The number of benzene rings is 1. The first kappa shape index (κ1) is 14.0. The first-order chi connectivity index (χ1) is 8.63. The number of carbonyl (C=O) groups is 1. The van der Waals surface area contributed by atoms with E-state index >= 15 is 0 Å². The Morgan fingerprint density at radius 3 is 2.47 bits per heavy atom. The van der Waals surface area contributed by atoms with Crippen LogP contribution in [0.4, 0.5) is 18.9 Å². The lowest BCUT2D eigenvalue weighted by atomic mass is 10.3. The van der Waals surface area contributed by atoms with Crippen molar-refractivity contribution in [2.45, 2.75) is 15.3 Å². The predicted octanol–water partition coefficient (Wildman–Crippen LogP) is 1.04. The molecule has 19 heavy (non-hydrogen) atoms. The molecule has 1 aromatic carbocycles. The molecule has 0 unspecified atom stereocenters. The van der Waals surface area contributed by atoms with Crippen LogP contribution >= 0.6 is 0 Å². The summed E-state index contributed by atoms with van der Waals surface area (Å²) < 4.78 is 71.0. The number of hydrogen-bond donors (Lipinski definition) is 1. The summed E-state index contributed by atoms with van der Waals surface area (Å²) in [6.07, 6.45) is 0. The van der Waals surface area contributed by atoms with Crippen LogP contribution < -0.4 is 5.32 Å². The fourth-order valence-electron chi connectivity index (χ4n) is 1.49. The third kappa shape index (κ3) is 2.37. The van der Waals surface area contributed by atoms with Crippen molar-refractivity contribution in [3.05, 3.63) is 18.2 Å². The number of amides is 1. The number of carbonyl (C=O) groups excluding carboxylic acids is 1. The standard InChI is InChI=1S/C9H6F3NO4S2/c10-9(11,12)19(16,17)5-1-2-7-6(3-5)13-8(14)4-18(7)15/h1-3H,4H2,(H,13,14)/t18-/m0/s1. The summed E-state index contributed by atoms with van der Waals surface area (Å²) >= 11 is 0. The van der Waals surface area contributed by atoms with Crippen molar-refractivity contribution < 1.29 is 30.6 Å². The van der Waals surface area contributed by atoms with Crippen molar-refractivity contribution in [2.24, 2.45) is 0 Å². The van der Waals surface area contributed by atoms with Crippen molar-refractivity contribution in [3.8, 4) is 0 Å². The van der Waals surface area contributed by atoms with Gasteiger partial charge in [-0.2, -0.15) is 13.2 Å². The van der Waals surface area contributed by atoms with E-state index in [4.69, 9.17) is 0 Å². The van der Waals surface area contributed by atoms with E-state index in [2.05, 4.69) is 5.32 Å². The number of anilines is 1. The van der Waals surface area contributed by atoms with E-state index in [1.807, 2.05) is 0 Å². The molecule has 0 saturated carbocycles. The van der Waals surface area contributed by atoms with Gasteiger partial charge in [0.25, 0.3) is 9.84 Å². The number of nitrogens with one attached hydrogen (secondary N) is 1. The molecule has 2 rings (SSSR count). The molecule has 1 N–H and O–H groups in total. The molecule has 1 aliphatic rings. The predicted molar refractivity (Wildman–Crippen MR) is 59.6 cm³/mol. The third-order valence-electron chi connectivity index (χ3n) is 2.35. The zero-order valence-corrected chi connectivity index (χ0v) is 10.7. The average Bonchev–Trinajstić information content (AvgIpc) is 2.26. The summed E-state index contributed by atoms with van der Waals surface area (Å²) in [5.74, 6) is -0.953. The van der Waals surface area contributed by atoms with Crippen LogP contribution in [0.5, 0.6) is 0 Å². The van der Waals surface area contributed by atoms with Gasteiger partial charge in [-0.3, -0.25) is 9.00 Å². The molecule has 0 fully saturated rings. The number of alkyl halides is 3. The van der Waals surface area contributed by atoms with Crippen LogP contribution in [0.15, 0.2) is 28.0 Å². The number of rotatable bonds is 1. The van der Waals surface area contributed by atoms with E-state index in [1.54, 1.807) is 0 Å². The monoisotopic (exact) mass is 313 g/mol. The molecule has 0 bridgehead atoms. The van der Waals surface area contributed by atoms with E-state index in [1.165, 1.54) is 0 Å². The minimum atomic E-state index is -5.50. The Labute approximate surface area is 108 Å². The second-order valence-corrected chi connectivity index (χ2v) is 7.01. The Hall–Kier alpha value is -1.42. The first-order valence-electron chi connectivity index (χ1n) is 4.76. The molecule has 1 aromatic rings. The Balaban J connectivity index is 2.57. The smallest absolute Gasteiger partial charge is 0.324 e. The Morgan fingerprint density at radius 2 is 1.89 bits per heavy atom. The maximum Gasteiger partial charge on any atom is 0.501 e. The zero-order valence-electron chi connectivity index (χ0n) is 9.02. The van der Waals surface area contributed by atoms with E-state index in [9.17, 15) is 30.6 Å². The van der Waals surface area contributed by atoms with Crippen molar-refractivity contribution in [2.75, 3.05) is 11.1 Å². The van der Waals surface area contributed by atoms with Crippen LogP contribution in [0.1, 0.15) is 0 Å². The van der Waals surface area contributed by atoms with E-state index in [-0.39, 0.29) is 16.3 Å². The van der Waals surface area contributed by atoms with Crippen LogP contribution in [-0.4, -0.2) is 29.8 Å². The lowest BCUT2D eigenvalue weighted by Crippen LogP contribution is -2.27. The van der Waals surface area contributed by atoms with Crippen LogP contribution in [0, 0.1) is 0 Å². The van der Waals surface area contributed by atoms with Crippen molar-refractivity contribution in [3.63, 3.8) is 0 Å². The highest BCUT2D eigenvalue weighted by Gasteiger charge is 2.47. The molecule has 1 heterocycles. The summed E-state index contributed by atoms with van der Waals surface area (Å²) in [6, 6.07) is 2.38. The molecule has 0 spiro atoms. The van der Waals surface area contributed by atoms with Crippen LogP contribution in [0.25, 0.3) is 0 Å². The van der Waals surface area contributed by atoms with Crippen molar-refractivity contribution in [1.82, 2.24) is 0 Å². The molecular formula is C9H6F3NO4S2. The number of halogens is 3. The van der Waals surface area contributed by atoms with Crippen molar-refractivity contribution in [1.29, 1.82) is 0 Å². The quantitative estimate of drug-likeness (QED) is 0.840. The van der Waals surface area contributed by atoms with Gasteiger partial charge in [0.15, 0.2) is 0 Å². The van der Waals surface area contributed by atoms with Gasteiger partial charge in [0.2, 0.25) is 5.91 Å². The molecule has 0 aromatic heterocycles. The van der Waals surface area contributed by atoms with Crippen LogP contribution in [0.2, 0.25) is 0 Å². The van der Waals surface area contributed by atoms with Crippen molar-refractivity contribution >= 4 is 32.2 Å². The minimum absolute atomic E-state index is 0.0979. The molecule has 0 saturated heterocycles. The van der Waals surface area contributed by atoms with Gasteiger partial charge >= 0.3 is 5.51 Å². The van der Waals surface area contributed by atoms with Crippen LogP contribution in [-0.2, 0) is 25.4 Å². The molecule has 104 valence electrons. The molecule has 0 aliphatic carbocycles. The van der Waals surface area contributed by atoms with Gasteiger partial charge in [0.05, 0.1) is 26.3 Å². The largest absolute Gasteiger partial charge is 0.501 e. The van der Waals surface area contributed by atoms with Gasteiger partial charge in [0.1, 0.15) is 5.75 Å². The van der Waals surface area contributed by atoms with E-state index in [0.29, 0.717) is 6.07 Å². The molecular weight excluding hydrogens is 307 g/mol.